The first-order valence-electron chi connectivity index (χ1n) is 6.05. The Morgan fingerprint density at radius 3 is 2.24 bits per heavy atom. The molecule has 0 spiro atoms. The largest absolute Gasteiger partial charge is 0.379 e. The van der Waals surface area contributed by atoms with Gasteiger partial charge in [0.2, 0.25) is 5.91 Å². The maximum absolute atomic E-state index is 10.8. The van der Waals surface area contributed by atoms with Gasteiger partial charge in [0, 0.05) is 13.2 Å². The Hall–Kier alpha value is -0.690. The number of nitrogens with one attached hydrogen (secondary N) is 1. The highest BCUT2D eigenvalue weighted by Gasteiger charge is 1.98. The SMILES string of the molecule is CC.CCCOCCOCCNC(=O)CON. The Morgan fingerprint density at radius 1 is 1.12 bits per heavy atom. The first-order chi connectivity index (χ1) is 8.31. The topological polar surface area (TPSA) is 82.8 Å². The van der Waals surface area contributed by atoms with Gasteiger partial charge in [-0.3, -0.25) is 9.63 Å². The van der Waals surface area contributed by atoms with Crippen LogP contribution in [0.1, 0.15) is 27.2 Å². The highest BCUT2D eigenvalue weighted by Crippen LogP contribution is 1.81. The highest BCUT2D eigenvalue weighted by atomic mass is 16.6. The van der Waals surface area contributed by atoms with E-state index in [1.807, 2.05) is 13.8 Å². The van der Waals surface area contributed by atoms with Crippen molar-refractivity contribution >= 4 is 5.91 Å². The molecule has 0 aromatic heterocycles. The molecule has 0 fully saturated rings. The maximum atomic E-state index is 10.8. The fourth-order valence-corrected chi connectivity index (χ4v) is 0.856. The minimum atomic E-state index is -0.247. The molecule has 17 heavy (non-hydrogen) atoms. The van der Waals surface area contributed by atoms with Crippen LogP contribution in [0.25, 0.3) is 0 Å². The number of hydrogen-bond donors (Lipinski definition) is 2. The lowest BCUT2D eigenvalue weighted by atomic mass is 10.5. The Bertz CT molecular complexity index is 156. The Labute approximate surface area is 104 Å². The molecule has 0 saturated heterocycles. The minimum absolute atomic E-state index is 0.125. The number of carbonyl (C=O) groups is 1. The van der Waals surface area contributed by atoms with Gasteiger partial charge < -0.3 is 14.8 Å². The smallest absolute Gasteiger partial charge is 0.248 e. The summed E-state index contributed by atoms with van der Waals surface area (Å²) in [6.45, 7) is 8.74. The Morgan fingerprint density at radius 2 is 1.71 bits per heavy atom. The van der Waals surface area contributed by atoms with Crippen molar-refractivity contribution in [2.75, 3.05) is 39.6 Å². The molecular formula is C11H26N2O4. The number of amides is 1. The van der Waals surface area contributed by atoms with Crippen LogP contribution < -0.4 is 11.2 Å². The second-order valence-electron chi connectivity index (χ2n) is 2.89. The summed E-state index contributed by atoms with van der Waals surface area (Å²) in [5, 5.41) is 2.58. The van der Waals surface area contributed by atoms with Gasteiger partial charge in [-0.25, -0.2) is 5.90 Å². The Balaban J connectivity index is 0. The molecule has 3 N–H and O–H groups in total. The van der Waals surface area contributed by atoms with Crippen LogP contribution in [0.2, 0.25) is 0 Å². The minimum Gasteiger partial charge on any atom is -0.379 e. The van der Waals surface area contributed by atoms with Crippen LogP contribution in [0.4, 0.5) is 0 Å². The molecule has 0 aliphatic carbocycles. The summed E-state index contributed by atoms with van der Waals surface area (Å²) < 4.78 is 10.4. The molecule has 0 aromatic carbocycles. The van der Waals surface area contributed by atoms with E-state index in [1.54, 1.807) is 0 Å². The second-order valence-corrected chi connectivity index (χ2v) is 2.89. The number of rotatable bonds is 10. The molecular weight excluding hydrogens is 224 g/mol. The zero-order valence-electron chi connectivity index (χ0n) is 11.2. The molecule has 1 amide bonds. The van der Waals surface area contributed by atoms with Crippen LogP contribution in [0.5, 0.6) is 0 Å². The summed E-state index contributed by atoms with van der Waals surface area (Å²) in [6, 6.07) is 0. The summed E-state index contributed by atoms with van der Waals surface area (Å²) in [5.41, 5.74) is 0. The van der Waals surface area contributed by atoms with Gasteiger partial charge in [0.05, 0.1) is 19.8 Å². The predicted molar refractivity (Wildman–Crippen MR) is 66.4 cm³/mol. The van der Waals surface area contributed by atoms with Crippen LogP contribution in [0, 0.1) is 0 Å². The van der Waals surface area contributed by atoms with Crippen molar-refractivity contribution in [1.29, 1.82) is 0 Å². The van der Waals surface area contributed by atoms with E-state index in [0.717, 1.165) is 13.0 Å². The predicted octanol–water partition coefficient (Wildman–Crippen LogP) is 0.462. The third kappa shape index (κ3) is 17.9. The average Bonchev–Trinajstić information content (AvgIpc) is 2.35. The van der Waals surface area contributed by atoms with Crippen molar-refractivity contribution in [3.05, 3.63) is 0 Å². The zero-order chi connectivity index (χ0) is 13.4. The van der Waals surface area contributed by atoms with E-state index < -0.39 is 0 Å². The maximum Gasteiger partial charge on any atom is 0.248 e. The van der Waals surface area contributed by atoms with Crippen molar-refractivity contribution < 1.29 is 19.1 Å². The molecule has 0 unspecified atom stereocenters. The number of hydrogen-bond acceptors (Lipinski definition) is 5. The van der Waals surface area contributed by atoms with E-state index in [1.165, 1.54) is 0 Å². The fourth-order valence-electron chi connectivity index (χ4n) is 0.856. The van der Waals surface area contributed by atoms with E-state index in [0.29, 0.717) is 26.4 Å². The van der Waals surface area contributed by atoms with Crippen LogP contribution in [0.3, 0.4) is 0 Å². The van der Waals surface area contributed by atoms with Crippen molar-refractivity contribution in [1.82, 2.24) is 5.32 Å². The molecule has 0 heterocycles. The van der Waals surface area contributed by atoms with Crippen LogP contribution in [-0.2, 0) is 19.1 Å². The standard InChI is InChI=1S/C9H20N2O4.C2H6/c1-2-4-13-6-7-14-5-3-11-9(12)8-15-10;1-2/h2-8,10H2,1H3,(H,11,12);1-2H3. The van der Waals surface area contributed by atoms with Crippen LogP contribution >= 0.6 is 0 Å². The average molecular weight is 250 g/mol. The number of ether oxygens (including phenoxy) is 2. The van der Waals surface area contributed by atoms with E-state index in [9.17, 15) is 4.79 Å². The highest BCUT2D eigenvalue weighted by molar-refractivity contribution is 5.77. The lowest BCUT2D eigenvalue weighted by molar-refractivity contribution is -0.126. The second kappa shape index (κ2) is 17.7. The number of carbonyl (C=O) groups excluding carboxylic acids is 1. The summed E-state index contributed by atoms with van der Waals surface area (Å²) in [7, 11) is 0. The Kier molecular flexibility index (Phi) is 19.4. The normalized spacial score (nSPS) is 9.41. The van der Waals surface area contributed by atoms with Gasteiger partial charge in [0.1, 0.15) is 6.61 Å². The molecule has 0 atom stereocenters. The molecule has 0 aliphatic rings. The third-order valence-electron chi connectivity index (χ3n) is 1.50. The third-order valence-corrected chi connectivity index (χ3v) is 1.50. The molecule has 0 radical (unpaired) electrons. The van der Waals surface area contributed by atoms with E-state index in [4.69, 9.17) is 15.4 Å². The number of nitrogens with two attached hydrogens (primary N) is 1. The lowest BCUT2D eigenvalue weighted by Gasteiger charge is -2.06. The van der Waals surface area contributed by atoms with Gasteiger partial charge >= 0.3 is 0 Å². The molecule has 6 nitrogen and oxygen atoms in total. The van der Waals surface area contributed by atoms with Gasteiger partial charge in [0.25, 0.3) is 0 Å². The fraction of sp³-hybridized carbons (Fsp3) is 0.909. The molecule has 0 aliphatic heterocycles. The summed E-state index contributed by atoms with van der Waals surface area (Å²) in [5.74, 6) is 4.47. The molecule has 0 saturated carbocycles. The summed E-state index contributed by atoms with van der Waals surface area (Å²) in [6.07, 6.45) is 1.01. The molecule has 6 heteroatoms. The first-order valence-corrected chi connectivity index (χ1v) is 6.05. The lowest BCUT2D eigenvalue weighted by Crippen LogP contribution is -2.31. The van der Waals surface area contributed by atoms with Crippen molar-refractivity contribution in [3.63, 3.8) is 0 Å². The van der Waals surface area contributed by atoms with Crippen molar-refractivity contribution in [2.45, 2.75) is 27.2 Å². The van der Waals surface area contributed by atoms with Crippen molar-refractivity contribution in [3.8, 4) is 0 Å². The van der Waals surface area contributed by atoms with Gasteiger partial charge in [-0.2, -0.15) is 0 Å². The van der Waals surface area contributed by atoms with Gasteiger partial charge in [-0.1, -0.05) is 20.8 Å². The molecule has 0 aromatic rings. The first kappa shape index (κ1) is 18.7. The molecule has 0 rings (SSSR count). The quantitative estimate of drug-likeness (QED) is 0.435. The van der Waals surface area contributed by atoms with E-state index >= 15 is 0 Å². The van der Waals surface area contributed by atoms with Crippen LogP contribution in [0.15, 0.2) is 0 Å². The van der Waals surface area contributed by atoms with E-state index in [-0.39, 0.29) is 12.5 Å². The summed E-state index contributed by atoms with van der Waals surface area (Å²) >= 11 is 0. The van der Waals surface area contributed by atoms with Gasteiger partial charge in [-0.05, 0) is 6.42 Å². The monoisotopic (exact) mass is 250 g/mol. The zero-order valence-corrected chi connectivity index (χ0v) is 11.2. The van der Waals surface area contributed by atoms with Crippen LogP contribution in [-0.4, -0.2) is 45.5 Å². The van der Waals surface area contributed by atoms with Gasteiger partial charge in [-0.15, -0.1) is 0 Å². The molecule has 104 valence electrons. The van der Waals surface area contributed by atoms with Gasteiger partial charge in [0.15, 0.2) is 0 Å². The summed E-state index contributed by atoms with van der Waals surface area (Å²) in [4.78, 5) is 15.0. The van der Waals surface area contributed by atoms with Crippen molar-refractivity contribution in [2.24, 2.45) is 5.90 Å². The molecule has 0 bridgehead atoms. The van der Waals surface area contributed by atoms with E-state index in [2.05, 4.69) is 17.1 Å².